The molecular formula is C18H24N2O2. The van der Waals surface area contributed by atoms with Crippen LogP contribution in [0.2, 0.25) is 0 Å². The number of nitrogens with one attached hydrogen (secondary N) is 1. The highest BCUT2D eigenvalue weighted by atomic mass is 16.2. The summed E-state index contributed by atoms with van der Waals surface area (Å²) < 4.78 is 0. The number of piperidine rings is 1. The molecular weight excluding hydrogens is 276 g/mol. The Bertz CT molecular complexity index is 535. The molecule has 2 aliphatic rings. The summed E-state index contributed by atoms with van der Waals surface area (Å²) in [5, 5.41) is 3.42. The molecule has 2 aliphatic heterocycles. The number of ketones is 1. The van der Waals surface area contributed by atoms with E-state index in [9.17, 15) is 9.59 Å². The quantitative estimate of drug-likeness (QED) is 0.868. The van der Waals surface area contributed by atoms with Crippen LogP contribution in [0, 0.1) is 5.41 Å². The van der Waals surface area contributed by atoms with E-state index in [0.29, 0.717) is 18.4 Å². The lowest BCUT2D eigenvalue weighted by atomic mass is 9.79. The second-order valence-corrected chi connectivity index (χ2v) is 6.63. The normalized spacial score (nSPS) is 24.6. The van der Waals surface area contributed by atoms with Crippen LogP contribution in [0.5, 0.6) is 0 Å². The molecule has 2 heterocycles. The van der Waals surface area contributed by atoms with Gasteiger partial charge >= 0.3 is 0 Å². The van der Waals surface area contributed by atoms with Crippen LogP contribution in [0.25, 0.3) is 0 Å². The van der Waals surface area contributed by atoms with Gasteiger partial charge in [-0.25, -0.2) is 0 Å². The molecule has 2 fully saturated rings. The van der Waals surface area contributed by atoms with Crippen LogP contribution in [-0.4, -0.2) is 42.8 Å². The number of amides is 1. The zero-order valence-electron chi connectivity index (χ0n) is 13.0. The Labute approximate surface area is 131 Å². The van der Waals surface area contributed by atoms with Gasteiger partial charge in [-0.05, 0) is 25.8 Å². The number of carbonyl (C=O) groups excluding carboxylic acids is 2. The molecule has 0 aliphatic carbocycles. The molecule has 118 valence electrons. The molecule has 2 saturated heterocycles. The molecule has 22 heavy (non-hydrogen) atoms. The van der Waals surface area contributed by atoms with E-state index in [0.717, 1.165) is 32.6 Å². The third-order valence-electron chi connectivity index (χ3n) is 5.01. The fourth-order valence-electron chi connectivity index (χ4n) is 3.71. The Morgan fingerprint density at radius 3 is 2.68 bits per heavy atom. The van der Waals surface area contributed by atoms with Crippen LogP contribution in [0.4, 0.5) is 0 Å². The van der Waals surface area contributed by atoms with Crippen molar-refractivity contribution in [2.24, 2.45) is 5.41 Å². The maximum Gasteiger partial charge on any atom is 0.223 e. The number of nitrogens with zero attached hydrogens (tertiary/aromatic N) is 1. The molecule has 4 heteroatoms. The number of rotatable bonds is 4. The number of hydrogen-bond donors (Lipinski definition) is 1. The van der Waals surface area contributed by atoms with E-state index in [-0.39, 0.29) is 17.1 Å². The van der Waals surface area contributed by atoms with Gasteiger partial charge in [0.15, 0.2) is 5.78 Å². The second-order valence-electron chi connectivity index (χ2n) is 6.63. The Hall–Kier alpha value is -1.68. The van der Waals surface area contributed by atoms with Crippen molar-refractivity contribution in [3.63, 3.8) is 0 Å². The third kappa shape index (κ3) is 3.38. The molecule has 1 aromatic rings. The molecule has 1 atom stereocenters. The topological polar surface area (TPSA) is 49.4 Å². The maximum absolute atomic E-state index is 12.4. The number of likely N-dealkylation sites (tertiary alicyclic amines) is 1. The van der Waals surface area contributed by atoms with Crippen molar-refractivity contribution in [2.75, 3.05) is 26.2 Å². The Balaban J connectivity index is 1.52. The predicted octanol–water partition coefficient (Wildman–Crippen LogP) is 2.25. The smallest absolute Gasteiger partial charge is 0.223 e. The highest BCUT2D eigenvalue weighted by Crippen LogP contribution is 2.35. The fraction of sp³-hybridized carbons (Fsp3) is 0.556. The van der Waals surface area contributed by atoms with Gasteiger partial charge < -0.3 is 10.2 Å². The van der Waals surface area contributed by atoms with Crippen LogP contribution in [0.1, 0.15) is 42.5 Å². The first kappa shape index (κ1) is 15.2. The molecule has 0 radical (unpaired) electrons. The molecule has 3 rings (SSSR count). The van der Waals surface area contributed by atoms with Crippen molar-refractivity contribution in [1.82, 2.24) is 10.2 Å². The largest absolute Gasteiger partial charge is 0.342 e. The minimum Gasteiger partial charge on any atom is -0.342 e. The van der Waals surface area contributed by atoms with E-state index >= 15 is 0 Å². The molecule has 1 amide bonds. The van der Waals surface area contributed by atoms with E-state index in [1.807, 2.05) is 35.2 Å². The SMILES string of the molecule is O=C(CCC(=O)N1CCCC2(CCNC2)C1)c1ccccc1. The number of benzene rings is 1. The molecule has 1 aromatic carbocycles. The summed E-state index contributed by atoms with van der Waals surface area (Å²) in [6.45, 7) is 3.80. The molecule has 0 bridgehead atoms. The van der Waals surface area contributed by atoms with Gasteiger partial charge in [0.25, 0.3) is 0 Å². The van der Waals surface area contributed by atoms with Crippen LogP contribution in [0.3, 0.4) is 0 Å². The predicted molar refractivity (Wildman–Crippen MR) is 85.7 cm³/mol. The minimum atomic E-state index is 0.0585. The zero-order valence-corrected chi connectivity index (χ0v) is 13.0. The van der Waals surface area contributed by atoms with Crippen molar-refractivity contribution in [3.05, 3.63) is 35.9 Å². The summed E-state index contributed by atoms with van der Waals surface area (Å²) in [4.78, 5) is 26.5. The van der Waals surface area contributed by atoms with Gasteiger partial charge in [-0.2, -0.15) is 0 Å². The Morgan fingerprint density at radius 2 is 1.95 bits per heavy atom. The standard InChI is InChI=1S/C18H24N2O2/c21-16(15-5-2-1-3-6-15)7-8-17(22)20-12-4-9-18(14-20)10-11-19-13-18/h1-3,5-6,19H,4,7-14H2. The monoisotopic (exact) mass is 300 g/mol. The lowest BCUT2D eigenvalue weighted by Gasteiger charge is -2.40. The molecule has 0 aromatic heterocycles. The summed E-state index contributed by atoms with van der Waals surface area (Å²) in [5.41, 5.74) is 0.988. The van der Waals surface area contributed by atoms with E-state index < -0.39 is 0 Å². The Morgan fingerprint density at radius 1 is 1.14 bits per heavy atom. The molecule has 1 N–H and O–H groups in total. The van der Waals surface area contributed by atoms with Crippen molar-refractivity contribution in [2.45, 2.75) is 32.1 Å². The summed E-state index contributed by atoms with van der Waals surface area (Å²) >= 11 is 0. The summed E-state index contributed by atoms with van der Waals surface area (Å²) in [5.74, 6) is 0.193. The molecule has 1 spiro atoms. The van der Waals surface area contributed by atoms with E-state index in [2.05, 4.69) is 5.32 Å². The van der Waals surface area contributed by atoms with Gasteiger partial charge in [0.1, 0.15) is 0 Å². The third-order valence-corrected chi connectivity index (χ3v) is 5.01. The highest BCUT2D eigenvalue weighted by molar-refractivity contribution is 5.97. The zero-order chi connectivity index (χ0) is 15.4. The van der Waals surface area contributed by atoms with Crippen molar-refractivity contribution in [3.8, 4) is 0 Å². The summed E-state index contributed by atoms with van der Waals surface area (Å²) in [6, 6.07) is 9.23. The Kier molecular flexibility index (Phi) is 4.57. The minimum absolute atomic E-state index is 0.0585. The number of hydrogen-bond acceptors (Lipinski definition) is 3. The van der Waals surface area contributed by atoms with Crippen molar-refractivity contribution < 1.29 is 9.59 Å². The van der Waals surface area contributed by atoms with Crippen LogP contribution >= 0.6 is 0 Å². The van der Waals surface area contributed by atoms with Gasteiger partial charge in [0.05, 0.1) is 0 Å². The first-order valence-electron chi connectivity index (χ1n) is 8.25. The van der Waals surface area contributed by atoms with E-state index in [4.69, 9.17) is 0 Å². The average molecular weight is 300 g/mol. The average Bonchev–Trinajstić information content (AvgIpc) is 3.00. The van der Waals surface area contributed by atoms with Crippen LogP contribution in [-0.2, 0) is 4.79 Å². The van der Waals surface area contributed by atoms with E-state index in [1.54, 1.807) is 0 Å². The first-order valence-corrected chi connectivity index (χ1v) is 8.25. The lowest BCUT2D eigenvalue weighted by molar-refractivity contribution is -0.134. The second kappa shape index (κ2) is 6.61. The lowest BCUT2D eigenvalue weighted by Crippen LogP contribution is -2.47. The van der Waals surface area contributed by atoms with Gasteiger partial charge in [0, 0.05) is 43.5 Å². The number of Topliss-reactive ketones (excluding diaryl/α,β-unsaturated/α-hetero) is 1. The first-order chi connectivity index (χ1) is 10.7. The van der Waals surface area contributed by atoms with Crippen LogP contribution in [0.15, 0.2) is 30.3 Å². The van der Waals surface area contributed by atoms with Gasteiger partial charge in [-0.1, -0.05) is 30.3 Å². The molecule has 0 saturated carbocycles. The maximum atomic E-state index is 12.4. The van der Waals surface area contributed by atoms with Gasteiger partial charge in [-0.3, -0.25) is 9.59 Å². The van der Waals surface area contributed by atoms with Crippen LogP contribution < -0.4 is 5.32 Å². The summed E-state index contributed by atoms with van der Waals surface area (Å²) in [6.07, 6.45) is 4.11. The fourth-order valence-corrected chi connectivity index (χ4v) is 3.71. The van der Waals surface area contributed by atoms with Crippen molar-refractivity contribution >= 4 is 11.7 Å². The summed E-state index contributed by atoms with van der Waals surface area (Å²) in [7, 11) is 0. The van der Waals surface area contributed by atoms with Gasteiger partial charge in [-0.15, -0.1) is 0 Å². The van der Waals surface area contributed by atoms with Crippen molar-refractivity contribution in [1.29, 1.82) is 0 Å². The number of carbonyl (C=O) groups is 2. The van der Waals surface area contributed by atoms with E-state index in [1.165, 1.54) is 12.8 Å². The molecule has 4 nitrogen and oxygen atoms in total. The molecule has 1 unspecified atom stereocenters. The highest BCUT2D eigenvalue weighted by Gasteiger charge is 2.39. The van der Waals surface area contributed by atoms with Gasteiger partial charge in [0.2, 0.25) is 5.91 Å².